The van der Waals surface area contributed by atoms with E-state index < -0.39 is 5.79 Å². The summed E-state index contributed by atoms with van der Waals surface area (Å²) >= 11 is 0. The second-order valence-electron chi connectivity index (χ2n) is 11.1. The van der Waals surface area contributed by atoms with Crippen LogP contribution in [0.5, 0.6) is 17.2 Å². The third-order valence-electron chi connectivity index (χ3n) is 8.23. The van der Waals surface area contributed by atoms with Crippen molar-refractivity contribution >= 4 is 18.1 Å². The molecule has 2 aromatic rings. The van der Waals surface area contributed by atoms with Gasteiger partial charge in [0.2, 0.25) is 11.5 Å². The summed E-state index contributed by atoms with van der Waals surface area (Å²) in [7, 11) is 3.25. The van der Waals surface area contributed by atoms with Gasteiger partial charge in [-0.1, -0.05) is 12.5 Å². The van der Waals surface area contributed by atoms with E-state index in [1.165, 1.54) is 25.7 Å². The van der Waals surface area contributed by atoms with Crippen LogP contribution in [0.3, 0.4) is 0 Å². The number of carbonyl (C=O) groups is 1. The highest BCUT2D eigenvalue weighted by atomic mass is 16.7. The van der Waals surface area contributed by atoms with Crippen LogP contribution < -0.4 is 34.3 Å². The van der Waals surface area contributed by atoms with Gasteiger partial charge < -0.3 is 19.1 Å². The number of methoxy groups -OCH3 is 1. The molecule has 1 aliphatic carbocycles. The minimum Gasteiger partial charge on any atom is -0.493 e. The zero-order valence-electron chi connectivity index (χ0n) is 24.2. The number of likely N-dealkylation sites (tertiary alicyclic amines) is 1. The number of hydrogen-bond donors (Lipinski definition) is 0. The predicted molar refractivity (Wildman–Crippen MR) is 149 cm³/mol. The summed E-state index contributed by atoms with van der Waals surface area (Å²) in [6, 6.07) is 8.67. The Kier molecular flexibility index (Phi) is 7.76. The maximum atomic E-state index is 14.3. The molecule has 0 radical (unpaired) electrons. The van der Waals surface area contributed by atoms with Crippen molar-refractivity contribution in [1.29, 1.82) is 0 Å². The molecule has 1 amide bonds. The topological polar surface area (TPSA) is 64.4 Å². The summed E-state index contributed by atoms with van der Waals surface area (Å²) < 4.78 is 19.4. The molecule has 39 heavy (non-hydrogen) atoms. The number of hydrogen-bond acceptors (Lipinski definition) is 6. The van der Waals surface area contributed by atoms with Gasteiger partial charge in [0.25, 0.3) is 17.0 Å². The lowest BCUT2D eigenvalue weighted by Gasteiger charge is -2.40. The summed E-state index contributed by atoms with van der Waals surface area (Å²) in [4.78, 5) is 24.7. The van der Waals surface area contributed by atoms with E-state index in [1.54, 1.807) is 26.4 Å². The van der Waals surface area contributed by atoms with E-state index in [-0.39, 0.29) is 5.91 Å². The van der Waals surface area contributed by atoms with E-state index in [1.807, 2.05) is 49.5 Å². The van der Waals surface area contributed by atoms with E-state index in [2.05, 4.69) is 17.0 Å². The fraction of sp³-hybridized carbons (Fsp3) is 0.548. The molecule has 0 bridgehead atoms. The zero-order chi connectivity index (χ0) is 27.7. The van der Waals surface area contributed by atoms with Crippen molar-refractivity contribution in [3.8, 4) is 17.2 Å². The van der Waals surface area contributed by atoms with Gasteiger partial charge in [-0.15, -0.1) is 0 Å². The van der Waals surface area contributed by atoms with Crippen LogP contribution in [-0.4, -0.2) is 60.9 Å². The van der Waals surface area contributed by atoms with Gasteiger partial charge in [-0.05, 0) is 70.4 Å². The van der Waals surface area contributed by atoms with Gasteiger partial charge in [-0.2, -0.15) is 0 Å². The lowest BCUT2D eigenvalue weighted by atomic mass is 9.91. The molecule has 3 heterocycles. The van der Waals surface area contributed by atoms with Gasteiger partial charge in [-0.25, -0.2) is 0 Å². The standard InChI is InChI=1S/C31H42N3O5/c1-7-21-14-15-25(34(37-6)26(21)8-2)20-32(19-24-13-10-16-33(24)23-11-9-12-23)30(35)22-17-27(36-5)29-28(18-22)38-31(3,4)39-29/h7-8,14-15,17-18,23-24H,9-13,16,19-20H2,1-6H3/q+1/b21-7-,26-8+/t24-/m0/s1. The van der Waals surface area contributed by atoms with Crippen LogP contribution in [0.4, 0.5) is 0 Å². The lowest BCUT2D eigenvalue weighted by molar-refractivity contribution is -0.901. The van der Waals surface area contributed by atoms with E-state index in [9.17, 15) is 4.79 Å². The summed E-state index contributed by atoms with van der Waals surface area (Å²) in [5, 5.41) is 2.05. The van der Waals surface area contributed by atoms with Gasteiger partial charge in [0.05, 0.1) is 7.11 Å². The van der Waals surface area contributed by atoms with Crippen LogP contribution in [0.2, 0.25) is 0 Å². The number of nitrogens with zero attached hydrogens (tertiary/aromatic N) is 3. The number of fused-ring (bicyclic) bond motifs is 1. The Morgan fingerprint density at radius 1 is 1.13 bits per heavy atom. The highest BCUT2D eigenvalue weighted by molar-refractivity contribution is 5.95. The van der Waals surface area contributed by atoms with Crippen molar-refractivity contribution in [2.45, 2.75) is 84.2 Å². The van der Waals surface area contributed by atoms with Crippen LogP contribution in [0.15, 0.2) is 24.3 Å². The first-order valence-corrected chi connectivity index (χ1v) is 14.1. The Balaban J connectivity index is 1.52. The van der Waals surface area contributed by atoms with Gasteiger partial charge in [0.1, 0.15) is 13.7 Å². The fourth-order valence-corrected chi connectivity index (χ4v) is 6.14. The summed E-state index contributed by atoms with van der Waals surface area (Å²) in [6.07, 6.45) is 10.2. The maximum Gasteiger partial charge on any atom is 0.260 e. The summed E-state index contributed by atoms with van der Waals surface area (Å²) in [5.41, 5.74) is 1.43. The molecule has 210 valence electrons. The molecule has 1 aromatic heterocycles. The van der Waals surface area contributed by atoms with E-state index in [0.29, 0.717) is 48.0 Å². The number of pyridine rings is 1. The number of amides is 1. The van der Waals surface area contributed by atoms with Crippen LogP contribution in [0, 0.1) is 0 Å². The quantitative estimate of drug-likeness (QED) is 0.484. The van der Waals surface area contributed by atoms with Crippen LogP contribution in [0.1, 0.15) is 75.9 Å². The molecular weight excluding hydrogens is 494 g/mol. The molecule has 2 fully saturated rings. The normalized spacial score (nSPS) is 21.2. The third kappa shape index (κ3) is 5.31. The second-order valence-corrected chi connectivity index (χ2v) is 11.1. The van der Waals surface area contributed by atoms with Crippen molar-refractivity contribution < 1.29 is 28.6 Å². The van der Waals surface area contributed by atoms with E-state index in [0.717, 1.165) is 29.2 Å². The molecule has 1 aromatic carbocycles. The number of ether oxygens (including phenoxy) is 3. The molecule has 0 N–H and O–H groups in total. The number of rotatable bonds is 8. The Morgan fingerprint density at radius 2 is 1.92 bits per heavy atom. The average molecular weight is 537 g/mol. The van der Waals surface area contributed by atoms with Crippen molar-refractivity contribution in [3.05, 3.63) is 46.1 Å². The highest BCUT2D eigenvalue weighted by Crippen LogP contribution is 2.47. The minimum absolute atomic E-state index is 0.0688. The molecule has 5 rings (SSSR count). The van der Waals surface area contributed by atoms with Crippen molar-refractivity contribution in [2.24, 2.45) is 0 Å². The van der Waals surface area contributed by atoms with Gasteiger partial charge in [0.15, 0.2) is 11.5 Å². The summed E-state index contributed by atoms with van der Waals surface area (Å²) in [6.45, 7) is 9.87. The fourth-order valence-electron chi connectivity index (χ4n) is 6.14. The molecule has 2 aliphatic heterocycles. The van der Waals surface area contributed by atoms with Crippen LogP contribution in [0.25, 0.3) is 12.2 Å². The average Bonchev–Trinajstić information content (AvgIpc) is 3.47. The second kappa shape index (κ2) is 11.1. The number of benzene rings is 1. The molecule has 0 spiro atoms. The maximum absolute atomic E-state index is 14.3. The van der Waals surface area contributed by atoms with E-state index in [4.69, 9.17) is 19.0 Å². The van der Waals surface area contributed by atoms with Crippen molar-refractivity contribution in [3.63, 3.8) is 0 Å². The summed E-state index contributed by atoms with van der Waals surface area (Å²) in [5.74, 6) is 0.664. The monoisotopic (exact) mass is 536 g/mol. The van der Waals surface area contributed by atoms with Gasteiger partial charge in [-0.3, -0.25) is 14.5 Å². The van der Waals surface area contributed by atoms with Crippen LogP contribution >= 0.6 is 0 Å². The van der Waals surface area contributed by atoms with Crippen molar-refractivity contribution in [2.75, 3.05) is 27.3 Å². The van der Waals surface area contributed by atoms with E-state index >= 15 is 0 Å². The molecule has 8 heteroatoms. The lowest BCUT2D eigenvalue weighted by Crippen LogP contribution is -2.64. The first-order valence-electron chi connectivity index (χ1n) is 14.1. The Morgan fingerprint density at radius 3 is 2.56 bits per heavy atom. The molecule has 3 aliphatic rings. The van der Waals surface area contributed by atoms with Crippen molar-refractivity contribution in [1.82, 2.24) is 9.80 Å². The van der Waals surface area contributed by atoms with Gasteiger partial charge >= 0.3 is 0 Å². The minimum atomic E-state index is -0.820. The Labute approximate surface area is 231 Å². The Bertz CT molecular complexity index is 1350. The molecule has 1 saturated carbocycles. The molecule has 0 unspecified atom stereocenters. The molecule has 1 saturated heterocycles. The number of carbonyl (C=O) groups excluding carboxylic acids is 1. The molecular formula is C31H42N3O5+. The first kappa shape index (κ1) is 27.3. The molecule has 8 nitrogen and oxygen atoms in total. The third-order valence-corrected chi connectivity index (χ3v) is 8.23. The SMILES string of the molecule is C/C=c1/ccc(CN(C[C@@H]2CCCN2C2CCC2)C(=O)c2cc(OC)c3c(c2)OC(C)(C)O3)[n+](OC)/c1=C/C. The zero-order valence-corrected chi connectivity index (χ0v) is 24.2. The Hall–Kier alpha value is -3.26. The largest absolute Gasteiger partial charge is 0.493 e. The smallest absolute Gasteiger partial charge is 0.260 e. The van der Waals surface area contributed by atoms with Gasteiger partial charge in [0, 0.05) is 54.1 Å². The highest BCUT2D eigenvalue weighted by Gasteiger charge is 2.38. The first-order chi connectivity index (χ1) is 18.8. The number of aromatic nitrogens is 1. The predicted octanol–water partition coefficient (Wildman–Crippen LogP) is 2.81. The molecule has 1 atom stereocenters. The van der Waals surface area contributed by atoms with Crippen LogP contribution in [-0.2, 0) is 6.54 Å².